The van der Waals surface area contributed by atoms with Gasteiger partial charge in [0.25, 0.3) is 5.91 Å². The molecule has 1 N–H and O–H groups in total. The number of carbonyl (C=O) groups is 1. The van der Waals surface area contributed by atoms with E-state index < -0.39 is 0 Å². The largest absolute Gasteiger partial charge is 0.493 e. The standard InChI is InChI=1S/C24H27N3O3/c1-3-30-22-13-12-18(14-23(22)29-2)24(28)26-20-10-7-11-21-19(20)15-25-27(21)16-17-8-5-4-6-9-17/h4-6,8-9,12-15,20H,3,7,10-11,16H2,1-2H3,(H,26,28). The first kappa shape index (κ1) is 20.0. The molecule has 0 radical (unpaired) electrons. The molecule has 30 heavy (non-hydrogen) atoms. The minimum Gasteiger partial charge on any atom is -0.493 e. The molecule has 0 fully saturated rings. The van der Waals surface area contributed by atoms with Crippen LogP contribution in [-0.4, -0.2) is 29.4 Å². The summed E-state index contributed by atoms with van der Waals surface area (Å²) in [5.41, 5.74) is 4.10. The zero-order chi connectivity index (χ0) is 20.9. The summed E-state index contributed by atoms with van der Waals surface area (Å²) in [5, 5.41) is 7.79. The Balaban J connectivity index is 1.51. The van der Waals surface area contributed by atoms with Crippen molar-refractivity contribution >= 4 is 5.91 Å². The molecule has 1 atom stereocenters. The lowest BCUT2D eigenvalue weighted by molar-refractivity contribution is 0.0932. The fourth-order valence-corrected chi connectivity index (χ4v) is 3.99. The zero-order valence-electron chi connectivity index (χ0n) is 17.4. The monoisotopic (exact) mass is 405 g/mol. The van der Waals surface area contributed by atoms with E-state index in [1.807, 2.05) is 31.3 Å². The molecule has 1 amide bonds. The van der Waals surface area contributed by atoms with Gasteiger partial charge < -0.3 is 14.8 Å². The van der Waals surface area contributed by atoms with Crippen molar-refractivity contribution in [1.82, 2.24) is 15.1 Å². The van der Waals surface area contributed by atoms with Crippen molar-refractivity contribution in [2.75, 3.05) is 13.7 Å². The Morgan fingerprint density at radius 3 is 2.80 bits per heavy atom. The number of carbonyl (C=O) groups excluding carboxylic acids is 1. The second-order valence-electron chi connectivity index (χ2n) is 7.41. The molecule has 0 saturated heterocycles. The lowest BCUT2D eigenvalue weighted by atomic mass is 9.92. The molecule has 0 saturated carbocycles. The van der Waals surface area contributed by atoms with E-state index in [9.17, 15) is 4.79 Å². The number of methoxy groups -OCH3 is 1. The highest BCUT2D eigenvalue weighted by Gasteiger charge is 2.26. The second kappa shape index (κ2) is 9.03. The Morgan fingerprint density at radius 1 is 1.20 bits per heavy atom. The summed E-state index contributed by atoms with van der Waals surface area (Å²) in [7, 11) is 1.58. The van der Waals surface area contributed by atoms with Crippen LogP contribution < -0.4 is 14.8 Å². The minimum atomic E-state index is -0.120. The number of hydrogen-bond acceptors (Lipinski definition) is 4. The van der Waals surface area contributed by atoms with Crippen LogP contribution >= 0.6 is 0 Å². The summed E-state index contributed by atoms with van der Waals surface area (Å²) in [6.07, 6.45) is 4.81. The highest BCUT2D eigenvalue weighted by atomic mass is 16.5. The lowest BCUT2D eigenvalue weighted by Gasteiger charge is -2.24. The molecular formula is C24H27N3O3. The van der Waals surface area contributed by atoms with Crippen molar-refractivity contribution in [3.05, 3.63) is 77.1 Å². The van der Waals surface area contributed by atoms with Gasteiger partial charge in [0.05, 0.1) is 32.5 Å². The maximum absolute atomic E-state index is 12.9. The van der Waals surface area contributed by atoms with Crippen molar-refractivity contribution in [1.29, 1.82) is 0 Å². The van der Waals surface area contributed by atoms with Gasteiger partial charge in [-0.05, 0) is 49.9 Å². The predicted octanol–water partition coefficient (Wildman–Crippen LogP) is 4.15. The van der Waals surface area contributed by atoms with E-state index in [2.05, 4.69) is 27.2 Å². The third-order valence-corrected chi connectivity index (χ3v) is 5.47. The van der Waals surface area contributed by atoms with Gasteiger partial charge in [-0.25, -0.2) is 0 Å². The van der Waals surface area contributed by atoms with Gasteiger partial charge in [-0.3, -0.25) is 9.48 Å². The molecule has 2 aromatic carbocycles. The second-order valence-corrected chi connectivity index (χ2v) is 7.41. The van der Waals surface area contributed by atoms with Crippen molar-refractivity contribution in [2.24, 2.45) is 0 Å². The van der Waals surface area contributed by atoms with Gasteiger partial charge in [0.2, 0.25) is 0 Å². The molecule has 3 aromatic rings. The van der Waals surface area contributed by atoms with Gasteiger partial charge in [0.15, 0.2) is 11.5 Å². The molecule has 0 bridgehead atoms. The van der Waals surface area contributed by atoms with Crippen LogP contribution in [-0.2, 0) is 13.0 Å². The zero-order valence-corrected chi connectivity index (χ0v) is 17.4. The van der Waals surface area contributed by atoms with Crippen molar-refractivity contribution < 1.29 is 14.3 Å². The highest BCUT2D eigenvalue weighted by molar-refractivity contribution is 5.95. The summed E-state index contributed by atoms with van der Waals surface area (Å²) in [5.74, 6) is 1.08. The summed E-state index contributed by atoms with van der Waals surface area (Å²) < 4.78 is 13.0. The van der Waals surface area contributed by atoms with Crippen LogP contribution in [0.3, 0.4) is 0 Å². The van der Waals surface area contributed by atoms with Crippen LogP contribution in [0, 0.1) is 0 Å². The summed E-state index contributed by atoms with van der Waals surface area (Å²) in [6, 6.07) is 15.5. The molecule has 0 spiro atoms. The summed E-state index contributed by atoms with van der Waals surface area (Å²) in [4.78, 5) is 12.9. The van der Waals surface area contributed by atoms with E-state index in [1.54, 1.807) is 25.3 Å². The number of nitrogens with zero attached hydrogens (tertiary/aromatic N) is 2. The first-order chi connectivity index (χ1) is 14.7. The molecule has 6 heteroatoms. The molecule has 1 aromatic heterocycles. The van der Waals surface area contributed by atoms with Crippen LogP contribution in [0.15, 0.2) is 54.7 Å². The van der Waals surface area contributed by atoms with E-state index in [0.29, 0.717) is 23.7 Å². The maximum Gasteiger partial charge on any atom is 0.251 e. The van der Waals surface area contributed by atoms with E-state index in [-0.39, 0.29) is 11.9 Å². The third kappa shape index (κ3) is 4.17. The number of benzene rings is 2. The smallest absolute Gasteiger partial charge is 0.251 e. The molecule has 4 rings (SSSR count). The fourth-order valence-electron chi connectivity index (χ4n) is 3.99. The van der Waals surface area contributed by atoms with Gasteiger partial charge in [0, 0.05) is 16.8 Å². The normalized spacial score (nSPS) is 15.3. The van der Waals surface area contributed by atoms with Crippen LogP contribution in [0.25, 0.3) is 0 Å². The van der Waals surface area contributed by atoms with Gasteiger partial charge in [-0.15, -0.1) is 0 Å². The predicted molar refractivity (Wildman–Crippen MR) is 115 cm³/mol. The molecule has 6 nitrogen and oxygen atoms in total. The lowest BCUT2D eigenvalue weighted by Crippen LogP contribution is -2.31. The molecule has 1 unspecified atom stereocenters. The first-order valence-electron chi connectivity index (χ1n) is 10.4. The van der Waals surface area contributed by atoms with Crippen molar-refractivity contribution in [3.63, 3.8) is 0 Å². The van der Waals surface area contributed by atoms with Gasteiger partial charge in [0.1, 0.15) is 0 Å². The van der Waals surface area contributed by atoms with E-state index in [1.165, 1.54) is 11.3 Å². The van der Waals surface area contributed by atoms with Crippen LogP contribution in [0.4, 0.5) is 0 Å². The average molecular weight is 405 g/mol. The Morgan fingerprint density at radius 2 is 2.03 bits per heavy atom. The SMILES string of the molecule is CCOc1ccc(C(=O)NC2CCCc3c2cnn3Cc2ccccc2)cc1OC. The van der Waals surface area contributed by atoms with Crippen molar-refractivity contribution in [3.8, 4) is 11.5 Å². The quantitative estimate of drug-likeness (QED) is 0.641. The van der Waals surface area contributed by atoms with Crippen LogP contribution in [0.1, 0.15) is 53.0 Å². The maximum atomic E-state index is 12.9. The Labute approximate surface area is 176 Å². The van der Waals surface area contributed by atoms with Gasteiger partial charge in [-0.2, -0.15) is 5.10 Å². The summed E-state index contributed by atoms with van der Waals surface area (Å²) >= 11 is 0. The van der Waals surface area contributed by atoms with E-state index >= 15 is 0 Å². The Bertz CT molecular complexity index is 1010. The van der Waals surface area contributed by atoms with E-state index in [4.69, 9.17) is 9.47 Å². The first-order valence-corrected chi connectivity index (χ1v) is 10.4. The molecule has 1 aliphatic carbocycles. The number of ether oxygens (including phenoxy) is 2. The van der Waals surface area contributed by atoms with Gasteiger partial charge in [-0.1, -0.05) is 30.3 Å². The number of aromatic nitrogens is 2. The Kier molecular flexibility index (Phi) is 6.02. The Hall–Kier alpha value is -3.28. The molecule has 0 aliphatic heterocycles. The van der Waals surface area contributed by atoms with Crippen molar-refractivity contribution in [2.45, 2.75) is 38.8 Å². The van der Waals surface area contributed by atoms with Gasteiger partial charge >= 0.3 is 0 Å². The highest BCUT2D eigenvalue weighted by Crippen LogP contribution is 2.31. The number of hydrogen-bond donors (Lipinski definition) is 1. The van der Waals surface area contributed by atoms with Crippen LogP contribution in [0.2, 0.25) is 0 Å². The molecular weight excluding hydrogens is 378 g/mol. The number of rotatable bonds is 7. The number of fused-ring (bicyclic) bond motifs is 1. The average Bonchev–Trinajstić information content (AvgIpc) is 3.18. The topological polar surface area (TPSA) is 65.4 Å². The minimum absolute atomic E-state index is 0.0386. The molecule has 156 valence electrons. The van der Waals surface area contributed by atoms with Crippen LogP contribution in [0.5, 0.6) is 11.5 Å². The third-order valence-electron chi connectivity index (χ3n) is 5.47. The number of nitrogens with one attached hydrogen (secondary N) is 1. The fraction of sp³-hybridized carbons (Fsp3) is 0.333. The number of amides is 1. The molecule has 1 aliphatic rings. The summed E-state index contributed by atoms with van der Waals surface area (Å²) in [6.45, 7) is 3.20. The van der Waals surface area contributed by atoms with E-state index in [0.717, 1.165) is 31.4 Å². The molecule has 1 heterocycles.